The molecular formula is C14H23NS. The van der Waals surface area contributed by atoms with Crippen LogP contribution in [0.15, 0.2) is 30.3 Å². The molecule has 1 aliphatic rings. The summed E-state index contributed by atoms with van der Waals surface area (Å²) in [5, 5.41) is 3.55. The Bertz CT molecular complexity index is 265. The largest absolute Gasteiger partial charge is 0.314 e. The average molecular weight is 237 g/mol. The van der Waals surface area contributed by atoms with E-state index in [9.17, 15) is 0 Å². The van der Waals surface area contributed by atoms with Crippen LogP contribution in [0, 0.1) is 5.92 Å². The lowest BCUT2D eigenvalue weighted by Crippen LogP contribution is -2.37. The Morgan fingerprint density at radius 3 is 2.44 bits per heavy atom. The summed E-state index contributed by atoms with van der Waals surface area (Å²) >= 11 is 3.53. The maximum absolute atomic E-state index is 3.55. The van der Waals surface area contributed by atoms with Gasteiger partial charge in [-0.15, -0.1) is 0 Å². The molecule has 1 aromatic rings. The van der Waals surface area contributed by atoms with Crippen molar-refractivity contribution in [2.24, 2.45) is 5.92 Å². The Hall–Kier alpha value is -0.470. The van der Waals surface area contributed by atoms with Gasteiger partial charge in [-0.1, -0.05) is 30.3 Å². The van der Waals surface area contributed by atoms with Gasteiger partial charge in [-0.3, -0.25) is 0 Å². The first-order valence-corrected chi connectivity index (χ1v) is 6.96. The SMILES string of the molecule is CC1CCC(Cc2ccccc2)CN1.CS. The van der Waals surface area contributed by atoms with E-state index in [0.29, 0.717) is 0 Å². The van der Waals surface area contributed by atoms with Gasteiger partial charge >= 0.3 is 0 Å². The van der Waals surface area contributed by atoms with Crippen molar-refractivity contribution in [3.05, 3.63) is 35.9 Å². The maximum atomic E-state index is 3.55. The number of benzene rings is 1. The Labute approximate surface area is 105 Å². The fourth-order valence-corrected chi connectivity index (χ4v) is 2.18. The van der Waals surface area contributed by atoms with Crippen molar-refractivity contribution in [3.8, 4) is 0 Å². The minimum Gasteiger partial charge on any atom is -0.314 e. The molecule has 1 aromatic carbocycles. The molecule has 0 spiro atoms. The maximum Gasteiger partial charge on any atom is 0.00389 e. The molecule has 1 nitrogen and oxygen atoms in total. The van der Waals surface area contributed by atoms with E-state index in [4.69, 9.17) is 0 Å². The highest BCUT2D eigenvalue weighted by Gasteiger charge is 2.17. The van der Waals surface area contributed by atoms with E-state index in [1.54, 1.807) is 6.26 Å². The topological polar surface area (TPSA) is 12.0 Å². The first-order chi connectivity index (χ1) is 7.84. The number of piperidine rings is 1. The third-order valence-corrected chi connectivity index (χ3v) is 3.13. The van der Waals surface area contributed by atoms with Crippen LogP contribution in [0.4, 0.5) is 0 Å². The van der Waals surface area contributed by atoms with Crippen LogP contribution in [0.1, 0.15) is 25.3 Å². The highest BCUT2D eigenvalue weighted by Crippen LogP contribution is 2.18. The monoisotopic (exact) mass is 237 g/mol. The minimum atomic E-state index is 0.724. The Kier molecular flexibility index (Phi) is 6.58. The van der Waals surface area contributed by atoms with Gasteiger partial charge in [0.25, 0.3) is 0 Å². The molecule has 2 unspecified atom stereocenters. The lowest BCUT2D eigenvalue weighted by atomic mass is 9.90. The van der Waals surface area contributed by atoms with Gasteiger partial charge in [0.2, 0.25) is 0 Å². The van der Waals surface area contributed by atoms with Crippen molar-refractivity contribution in [1.29, 1.82) is 0 Å². The Balaban J connectivity index is 0.000000606. The smallest absolute Gasteiger partial charge is 0.00389 e. The molecule has 0 bridgehead atoms. The summed E-state index contributed by atoms with van der Waals surface area (Å²) in [6.07, 6.45) is 5.64. The predicted octanol–water partition coefficient (Wildman–Crippen LogP) is 3.16. The molecule has 2 rings (SSSR count). The van der Waals surface area contributed by atoms with E-state index in [1.165, 1.54) is 31.4 Å². The zero-order valence-corrected chi connectivity index (χ0v) is 11.2. The van der Waals surface area contributed by atoms with Gasteiger partial charge < -0.3 is 5.32 Å². The first-order valence-electron chi connectivity index (χ1n) is 6.06. The van der Waals surface area contributed by atoms with Crippen molar-refractivity contribution in [1.82, 2.24) is 5.32 Å². The highest BCUT2D eigenvalue weighted by atomic mass is 32.1. The normalized spacial score (nSPS) is 24.4. The van der Waals surface area contributed by atoms with Gasteiger partial charge in [-0.05, 0) is 50.5 Å². The molecule has 2 heteroatoms. The van der Waals surface area contributed by atoms with Crippen LogP contribution >= 0.6 is 12.6 Å². The van der Waals surface area contributed by atoms with Gasteiger partial charge in [0.1, 0.15) is 0 Å². The summed E-state index contributed by atoms with van der Waals surface area (Å²) in [4.78, 5) is 0. The summed E-state index contributed by atoms with van der Waals surface area (Å²) in [5.41, 5.74) is 1.48. The molecule has 1 aliphatic heterocycles. The number of thiol groups is 1. The fraction of sp³-hybridized carbons (Fsp3) is 0.571. The fourth-order valence-electron chi connectivity index (χ4n) is 2.18. The highest BCUT2D eigenvalue weighted by molar-refractivity contribution is 7.79. The number of nitrogens with one attached hydrogen (secondary N) is 1. The summed E-state index contributed by atoms with van der Waals surface area (Å²) in [5.74, 6) is 0.841. The molecule has 2 atom stereocenters. The molecule has 90 valence electrons. The zero-order valence-electron chi connectivity index (χ0n) is 10.3. The molecule has 1 heterocycles. The van der Waals surface area contributed by atoms with Crippen molar-refractivity contribution < 1.29 is 0 Å². The van der Waals surface area contributed by atoms with E-state index < -0.39 is 0 Å². The van der Waals surface area contributed by atoms with Crippen LogP contribution in [0.2, 0.25) is 0 Å². The van der Waals surface area contributed by atoms with Gasteiger partial charge in [0, 0.05) is 6.04 Å². The van der Waals surface area contributed by atoms with Crippen LogP contribution in [-0.2, 0) is 6.42 Å². The molecule has 0 amide bonds. The molecule has 0 aliphatic carbocycles. The van der Waals surface area contributed by atoms with E-state index in [2.05, 4.69) is 55.2 Å². The average Bonchev–Trinajstić information content (AvgIpc) is 2.36. The molecular weight excluding hydrogens is 214 g/mol. The second-order valence-electron chi connectivity index (χ2n) is 4.44. The van der Waals surface area contributed by atoms with Crippen molar-refractivity contribution in [2.45, 2.75) is 32.2 Å². The molecule has 1 N–H and O–H groups in total. The number of hydrogen-bond donors (Lipinski definition) is 2. The predicted molar refractivity (Wildman–Crippen MR) is 75.2 cm³/mol. The summed E-state index contributed by atoms with van der Waals surface area (Å²) in [6.45, 7) is 3.47. The first kappa shape index (κ1) is 13.6. The lowest BCUT2D eigenvalue weighted by molar-refractivity contribution is 0.322. The van der Waals surface area contributed by atoms with E-state index >= 15 is 0 Å². The van der Waals surface area contributed by atoms with E-state index in [1.807, 2.05) is 0 Å². The van der Waals surface area contributed by atoms with E-state index in [0.717, 1.165) is 12.0 Å². The molecule has 0 radical (unpaired) electrons. The van der Waals surface area contributed by atoms with Gasteiger partial charge in [0.15, 0.2) is 0 Å². The minimum absolute atomic E-state index is 0.724. The third kappa shape index (κ3) is 4.58. The second kappa shape index (κ2) is 7.75. The van der Waals surface area contributed by atoms with E-state index in [-0.39, 0.29) is 0 Å². The van der Waals surface area contributed by atoms with Gasteiger partial charge in [0.05, 0.1) is 0 Å². The Morgan fingerprint density at radius 2 is 1.88 bits per heavy atom. The molecule has 1 saturated heterocycles. The standard InChI is InChI=1S/C13H19N.CH4S/c1-11-7-8-13(10-14-11)9-12-5-3-2-4-6-12;1-2/h2-6,11,13-14H,7-10H2,1H3;2H,1H3. The second-order valence-corrected chi connectivity index (χ2v) is 4.44. The van der Waals surface area contributed by atoms with Crippen molar-refractivity contribution >= 4 is 12.6 Å². The Morgan fingerprint density at radius 1 is 1.19 bits per heavy atom. The van der Waals surface area contributed by atoms with Crippen LogP contribution in [-0.4, -0.2) is 18.8 Å². The van der Waals surface area contributed by atoms with Crippen molar-refractivity contribution in [2.75, 3.05) is 12.8 Å². The van der Waals surface area contributed by atoms with Crippen LogP contribution in [0.5, 0.6) is 0 Å². The van der Waals surface area contributed by atoms with Gasteiger partial charge in [-0.2, -0.15) is 12.6 Å². The molecule has 0 saturated carbocycles. The molecule has 1 fully saturated rings. The van der Waals surface area contributed by atoms with Crippen LogP contribution in [0.25, 0.3) is 0 Å². The van der Waals surface area contributed by atoms with Crippen LogP contribution < -0.4 is 5.32 Å². The van der Waals surface area contributed by atoms with Gasteiger partial charge in [-0.25, -0.2) is 0 Å². The summed E-state index contributed by atoms with van der Waals surface area (Å²) in [6, 6.07) is 11.5. The molecule has 16 heavy (non-hydrogen) atoms. The lowest BCUT2D eigenvalue weighted by Gasteiger charge is -2.27. The quantitative estimate of drug-likeness (QED) is 0.753. The summed E-state index contributed by atoms with van der Waals surface area (Å²) < 4.78 is 0. The molecule has 0 aromatic heterocycles. The third-order valence-electron chi connectivity index (χ3n) is 3.13. The van der Waals surface area contributed by atoms with Crippen molar-refractivity contribution in [3.63, 3.8) is 0 Å². The van der Waals surface area contributed by atoms with Crippen LogP contribution in [0.3, 0.4) is 0 Å². The zero-order chi connectivity index (χ0) is 11.8. The number of rotatable bonds is 2. The summed E-state index contributed by atoms with van der Waals surface area (Å²) in [7, 11) is 0. The number of hydrogen-bond acceptors (Lipinski definition) is 2.